The predicted molar refractivity (Wildman–Crippen MR) is 101 cm³/mol. The van der Waals surface area contributed by atoms with Gasteiger partial charge in [0.15, 0.2) is 0 Å². The summed E-state index contributed by atoms with van der Waals surface area (Å²) in [6, 6.07) is 8.95. The third-order valence-corrected chi connectivity index (χ3v) is 6.26. The van der Waals surface area contributed by atoms with Crippen LogP contribution < -0.4 is 11.2 Å². The van der Waals surface area contributed by atoms with E-state index in [-0.39, 0.29) is 17.4 Å². The van der Waals surface area contributed by atoms with Crippen molar-refractivity contribution in [2.24, 2.45) is 5.92 Å². The third kappa shape index (κ3) is 4.32. The molecule has 2 rings (SSSR count). The number of amides is 1. The molecule has 0 spiro atoms. The summed E-state index contributed by atoms with van der Waals surface area (Å²) in [7, 11) is -3.92. The van der Waals surface area contributed by atoms with Gasteiger partial charge in [-0.05, 0) is 54.3 Å². The van der Waals surface area contributed by atoms with Crippen molar-refractivity contribution in [2.45, 2.75) is 38.1 Å². The van der Waals surface area contributed by atoms with E-state index < -0.39 is 22.0 Å². The maximum Gasteiger partial charge on any atom is 0.261 e. The molecule has 1 atom stereocenters. The van der Waals surface area contributed by atoms with Crippen LogP contribution in [0, 0.1) is 5.92 Å². The van der Waals surface area contributed by atoms with Crippen molar-refractivity contribution in [3.05, 3.63) is 36.4 Å². The summed E-state index contributed by atoms with van der Waals surface area (Å²) < 4.78 is 27.4. The molecule has 0 radical (unpaired) electrons. The Morgan fingerprint density at radius 2 is 1.77 bits per heavy atom. The number of benzene rings is 2. The fraction of sp³-hybridized carbons (Fsp3) is 0.389. The molecule has 0 saturated heterocycles. The van der Waals surface area contributed by atoms with E-state index in [9.17, 15) is 13.2 Å². The van der Waals surface area contributed by atoms with Crippen LogP contribution in [0.5, 0.6) is 0 Å². The summed E-state index contributed by atoms with van der Waals surface area (Å²) in [5.41, 5.74) is 7.89. The summed E-state index contributed by atoms with van der Waals surface area (Å²) >= 11 is 0. The summed E-state index contributed by atoms with van der Waals surface area (Å²) in [5.74, 6) is -0.512. The van der Waals surface area contributed by atoms with Crippen LogP contribution in [0.15, 0.2) is 41.3 Å². The first-order valence-electron chi connectivity index (χ1n) is 8.42. The van der Waals surface area contributed by atoms with Gasteiger partial charge in [0.1, 0.15) is 6.04 Å². The first kappa shape index (κ1) is 20.2. The predicted octanol–water partition coefficient (Wildman–Crippen LogP) is 2.35. The van der Waals surface area contributed by atoms with E-state index in [2.05, 4.69) is 0 Å². The summed E-state index contributed by atoms with van der Waals surface area (Å²) in [6.45, 7) is 5.57. The van der Waals surface area contributed by atoms with Crippen LogP contribution in [0.3, 0.4) is 0 Å². The molecule has 0 heterocycles. The van der Waals surface area contributed by atoms with Crippen LogP contribution in [0.1, 0.15) is 27.2 Å². The molecule has 2 aromatic carbocycles. The molecule has 0 aliphatic rings. The lowest BCUT2D eigenvalue weighted by atomic mass is 10.1. The van der Waals surface area contributed by atoms with Crippen LogP contribution in [0.2, 0.25) is 0 Å². The van der Waals surface area contributed by atoms with Crippen LogP contribution in [0.4, 0.5) is 5.69 Å². The molecule has 4 N–H and O–H groups in total. The van der Waals surface area contributed by atoms with Crippen molar-refractivity contribution in [3.8, 4) is 0 Å². The molecule has 7 nitrogen and oxygen atoms in total. The number of hydrogen-bond donors (Lipinski definition) is 3. The number of nitrogen functional groups attached to an aromatic ring is 1. The van der Waals surface area contributed by atoms with Gasteiger partial charge in [-0.2, -0.15) is 4.31 Å². The van der Waals surface area contributed by atoms with E-state index in [0.29, 0.717) is 12.1 Å². The molecule has 8 heteroatoms. The Kier molecular flexibility index (Phi) is 6.22. The van der Waals surface area contributed by atoms with Gasteiger partial charge in [0.05, 0.1) is 4.90 Å². The second-order valence-corrected chi connectivity index (χ2v) is 8.61. The molecule has 0 bridgehead atoms. The Bertz CT molecular complexity index is 896. The Hall–Kier alpha value is -2.16. The van der Waals surface area contributed by atoms with E-state index >= 15 is 0 Å². The van der Waals surface area contributed by atoms with Gasteiger partial charge < -0.3 is 5.73 Å². The second-order valence-electron chi connectivity index (χ2n) is 6.72. The SMILES string of the molecule is CC(C)CCN(C(C)C(=O)NO)S(=O)(=O)c1ccc2cc(N)ccc2c1. The molecular weight excluding hydrogens is 354 g/mol. The van der Waals surface area contributed by atoms with Crippen molar-refractivity contribution in [1.82, 2.24) is 9.79 Å². The van der Waals surface area contributed by atoms with Crippen molar-refractivity contribution in [3.63, 3.8) is 0 Å². The average Bonchev–Trinajstić information content (AvgIpc) is 2.59. The molecular formula is C18H25N3O4S. The van der Waals surface area contributed by atoms with E-state index in [4.69, 9.17) is 10.9 Å². The van der Waals surface area contributed by atoms with Gasteiger partial charge >= 0.3 is 0 Å². The van der Waals surface area contributed by atoms with Crippen molar-refractivity contribution < 1.29 is 18.4 Å². The van der Waals surface area contributed by atoms with Gasteiger partial charge in [-0.25, -0.2) is 13.9 Å². The maximum absolute atomic E-state index is 13.2. The van der Waals surface area contributed by atoms with Gasteiger partial charge in [-0.3, -0.25) is 10.0 Å². The lowest BCUT2D eigenvalue weighted by molar-refractivity contribution is -0.132. The van der Waals surface area contributed by atoms with Crippen molar-refractivity contribution >= 4 is 32.4 Å². The number of rotatable bonds is 7. The number of nitrogens with zero attached hydrogens (tertiary/aromatic N) is 1. The molecule has 0 aliphatic carbocycles. The molecule has 0 saturated carbocycles. The van der Waals surface area contributed by atoms with Gasteiger partial charge in [-0.15, -0.1) is 0 Å². The summed E-state index contributed by atoms with van der Waals surface area (Å²) in [6.07, 6.45) is 0.590. The Labute approximate surface area is 153 Å². The zero-order valence-corrected chi connectivity index (χ0v) is 16.0. The number of sulfonamides is 1. The normalized spacial score (nSPS) is 13.3. The third-order valence-electron chi connectivity index (χ3n) is 4.29. The number of nitrogens with one attached hydrogen (secondary N) is 1. The lowest BCUT2D eigenvalue weighted by Gasteiger charge is -2.27. The highest BCUT2D eigenvalue weighted by Crippen LogP contribution is 2.25. The fourth-order valence-corrected chi connectivity index (χ4v) is 4.31. The van der Waals surface area contributed by atoms with Gasteiger partial charge in [0, 0.05) is 12.2 Å². The van der Waals surface area contributed by atoms with Gasteiger partial charge in [0.2, 0.25) is 10.0 Å². The van der Waals surface area contributed by atoms with Crippen LogP contribution >= 0.6 is 0 Å². The summed E-state index contributed by atoms with van der Waals surface area (Å²) in [4.78, 5) is 11.9. The smallest absolute Gasteiger partial charge is 0.261 e. The van der Waals surface area contributed by atoms with Gasteiger partial charge in [-0.1, -0.05) is 26.0 Å². The fourth-order valence-electron chi connectivity index (χ4n) is 2.67. The van der Waals surface area contributed by atoms with E-state index in [1.165, 1.54) is 18.5 Å². The second kappa shape index (κ2) is 8.03. The minimum Gasteiger partial charge on any atom is -0.399 e. The summed E-state index contributed by atoms with van der Waals surface area (Å²) in [5, 5.41) is 10.5. The number of carbonyl (C=O) groups excluding carboxylic acids is 1. The lowest BCUT2D eigenvalue weighted by Crippen LogP contribution is -2.47. The minimum absolute atomic E-state index is 0.0936. The topological polar surface area (TPSA) is 113 Å². The van der Waals surface area contributed by atoms with Crippen LogP contribution in [0.25, 0.3) is 10.8 Å². The Morgan fingerprint density at radius 1 is 1.15 bits per heavy atom. The molecule has 0 aromatic heterocycles. The molecule has 142 valence electrons. The van der Waals surface area contributed by atoms with E-state index in [1.54, 1.807) is 30.3 Å². The number of hydrogen-bond acceptors (Lipinski definition) is 5. The molecule has 2 aromatic rings. The average molecular weight is 379 g/mol. The standard InChI is InChI=1S/C18H25N3O4S/c1-12(2)8-9-21(13(3)18(22)20-23)26(24,25)17-7-5-14-10-16(19)6-4-15(14)11-17/h4-7,10-13,23H,8-9,19H2,1-3H3,(H,20,22). The van der Waals surface area contributed by atoms with E-state index in [0.717, 1.165) is 15.1 Å². The zero-order valence-electron chi connectivity index (χ0n) is 15.1. The highest BCUT2D eigenvalue weighted by Gasteiger charge is 2.33. The van der Waals surface area contributed by atoms with Crippen molar-refractivity contribution in [2.75, 3.05) is 12.3 Å². The van der Waals surface area contributed by atoms with Crippen LogP contribution in [-0.4, -0.2) is 36.4 Å². The number of hydroxylamine groups is 1. The number of carbonyl (C=O) groups is 1. The molecule has 0 aliphatic heterocycles. The highest BCUT2D eigenvalue weighted by molar-refractivity contribution is 7.89. The number of anilines is 1. The maximum atomic E-state index is 13.2. The Morgan fingerprint density at radius 3 is 2.38 bits per heavy atom. The molecule has 1 amide bonds. The number of nitrogens with two attached hydrogens (primary N) is 1. The van der Waals surface area contributed by atoms with Gasteiger partial charge in [0.25, 0.3) is 5.91 Å². The zero-order chi connectivity index (χ0) is 19.5. The molecule has 0 fully saturated rings. The first-order valence-corrected chi connectivity index (χ1v) is 9.86. The van der Waals surface area contributed by atoms with Crippen molar-refractivity contribution in [1.29, 1.82) is 0 Å². The van der Waals surface area contributed by atoms with E-state index in [1.807, 2.05) is 13.8 Å². The largest absolute Gasteiger partial charge is 0.399 e. The number of fused-ring (bicyclic) bond motifs is 1. The quantitative estimate of drug-likeness (QED) is 0.388. The first-order chi connectivity index (χ1) is 12.2. The van der Waals surface area contributed by atoms with Crippen LogP contribution in [-0.2, 0) is 14.8 Å². The molecule has 26 heavy (non-hydrogen) atoms. The monoisotopic (exact) mass is 379 g/mol. The minimum atomic E-state index is -3.92. The Balaban J connectivity index is 2.47. The molecule has 1 unspecified atom stereocenters. The highest BCUT2D eigenvalue weighted by atomic mass is 32.2.